The first-order valence-corrected chi connectivity index (χ1v) is 5.45. The zero-order valence-corrected chi connectivity index (χ0v) is 9.73. The molecule has 1 aromatic carbocycles. The molecule has 0 bridgehead atoms. The summed E-state index contributed by atoms with van der Waals surface area (Å²) in [7, 11) is 0. The Bertz CT molecular complexity index is 664. The van der Waals surface area contributed by atoms with Crippen molar-refractivity contribution in [1.29, 1.82) is 0 Å². The number of nitrogens with zero attached hydrogens (tertiary/aromatic N) is 1. The Morgan fingerprint density at radius 3 is 2.10 bits per heavy atom. The van der Waals surface area contributed by atoms with Crippen molar-refractivity contribution in [3.63, 3.8) is 0 Å². The highest BCUT2D eigenvalue weighted by Gasteiger charge is 2.39. The average molecular weight is 318 g/mol. The summed E-state index contributed by atoms with van der Waals surface area (Å²) >= 11 is 0.0406. The molecule has 2 aromatic rings. The first-order chi connectivity index (χ1) is 9.12. The van der Waals surface area contributed by atoms with Crippen LogP contribution >= 0.6 is 11.3 Å². The zero-order chi connectivity index (χ0) is 15.2. The topological polar surface area (TPSA) is 42.0 Å². The third-order valence-electron chi connectivity index (χ3n) is 2.09. The summed E-state index contributed by atoms with van der Waals surface area (Å²) in [4.78, 5) is 13.7. The molecule has 0 fully saturated rings. The summed E-state index contributed by atoms with van der Waals surface area (Å²) in [5.74, 6) is -10.4. The zero-order valence-electron chi connectivity index (χ0n) is 8.91. The second kappa shape index (κ2) is 4.58. The number of aromatic nitrogens is 1. The Labute approximate surface area is 109 Å². The number of carbonyl (C=O) groups is 1. The number of thiazole rings is 1. The summed E-state index contributed by atoms with van der Waals surface area (Å²) < 4.78 is 87.4. The molecule has 108 valence electrons. The number of hydrogen-bond acceptors (Lipinski definition) is 3. The van der Waals surface area contributed by atoms with Gasteiger partial charge in [0.15, 0.2) is 28.4 Å². The van der Waals surface area contributed by atoms with Gasteiger partial charge in [0.2, 0.25) is 0 Å². The number of fused-ring (bicyclic) bond motifs is 1. The van der Waals surface area contributed by atoms with E-state index in [0.717, 1.165) is 0 Å². The predicted octanol–water partition coefficient (Wildman–Crippen LogP) is 3.35. The third kappa shape index (κ3) is 2.28. The van der Waals surface area contributed by atoms with E-state index < -0.39 is 50.7 Å². The van der Waals surface area contributed by atoms with Crippen molar-refractivity contribution >= 4 is 32.6 Å². The second-order valence-electron chi connectivity index (χ2n) is 3.40. The number of hydrogen-bond donors (Lipinski definition) is 1. The maximum Gasteiger partial charge on any atom is 0.471 e. The normalized spacial score (nSPS) is 11.9. The lowest BCUT2D eigenvalue weighted by atomic mass is 10.3. The molecule has 0 saturated heterocycles. The van der Waals surface area contributed by atoms with Crippen molar-refractivity contribution in [2.24, 2.45) is 0 Å². The van der Waals surface area contributed by atoms with Crippen molar-refractivity contribution in [2.45, 2.75) is 6.18 Å². The average Bonchev–Trinajstić information content (AvgIpc) is 2.76. The van der Waals surface area contributed by atoms with Crippen molar-refractivity contribution in [2.75, 3.05) is 5.32 Å². The quantitative estimate of drug-likeness (QED) is 0.498. The van der Waals surface area contributed by atoms with Crippen LogP contribution in [0.3, 0.4) is 0 Å². The van der Waals surface area contributed by atoms with Crippen LogP contribution in [0.2, 0.25) is 0 Å². The molecule has 20 heavy (non-hydrogen) atoms. The highest BCUT2D eigenvalue weighted by molar-refractivity contribution is 7.22. The Morgan fingerprint density at radius 1 is 1.00 bits per heavy atom. The molecular formula is C9HF7N2OS. The first kappa shape index (κ1) is 14.5. The van der Waals surface area contributed by atoms with Crippen LogP contribution in [0, 0.1) is 23.3 Å². The summed E-state index contributed by atoms with van der Waals surface area (Å²) in [6, 6.07) is 0. The van der Waals surface area contributed by atoms with Gasteiger partial charge in [-0.3, -0.25) is 10.1 Å². The Balaban J connectivity index is 2.53. The second-order valence-corrected chi connectivity index (χ2v) is 4.40. The number of benzene rings is 1. The van der Waals surface area contributed by atoms with Gasteiger partial charge >= 0.3 is 12.1 Å². The lowest BCUT2D eigenvalue weighted by Crippen LogP contribution is -2.29. The van der Waals surface area contributed by atoms with Gasteiger partial charge in [-0.15, -0.1) is 0 Å². The number of rotatable bonds is 1. The van der Waals surface area contributed by atoms with Crippen LogP contribution in [0.25, 0.3) is 10.2 Å². The Morgan fingerprint density at radius 2 is 1.55 bits per heavy atom. The van der Waals surface area contributed by atoms with Crippen LogP contribution in [-0.2, 0) is 4.79 Å². The van der Waals surface area contributed by atoms with E-state index >= 15 is 0 Å². The number of carbonyl (C=O) groups excluding carboxylic acids is 1. The van der Waals surface area contributed by atoms with Crippen LogP contribution in [0.15, 0.2) is 0 Å². The van der Waals surface area contributed by atoms with Gasteiger partial charge in [0.05, 0.1) is 4.70 Å². The lowest BCUT2D eigenvalue weighted by molar-refractivity contribution is -0.167. The molecule has 1 heterocycles. The lowest BCUT2D eigenvalue weighted by Gasteiger charge is -2.03. The van der Waals surface area contributed by atoms with Gasteiger partial charge in [-0.25, -0.2) is 22.5 Å². The molecule has 1 N–H and O–H groups in total. The van der Waals surface area contributed by atoms with Gasteiger partial charge in [0.1, 0.15) is 5.52 Å². The molecule has 3 nitrogen and oxygen atoms in total. The maximum absolute atomic E-state index is 13.3. The highest BCUT2D eigenvalue weighted by atomic mass is 32.1. The molecule has 1 amide bonds. The fourth-order valence-electron chi connectivity index (χ4n) is 1.24. The van der Waals surface area contributed by atoms with Gasteiger partial charge in [-0.2, -0.15) is 13.2 Å². The van der Waals surface area contributed by atoms with E-state index in [1.165, 1.54) is 5.32 Å². The summed E-state index contributed by atoms with van der Waals surface area (Å²) in [6.45, 7) is 0. The van der Waals surface area contributed by atoms with Gasteiger partial charge in [0, 0.05) is 0 Å². The van der Waals surface area contributed by atoms with Gasteiger partial charge in [0.25, 0.3) is 0 Å². The van der Waals surface area contributed by atoms with E-state index in [9.17, 15) is 35.5 Å². The van der Waals surface area contributed by atoms with Gasteiger partial charge < -0.3 is 0 Å². The smallest absolute Gasteiger partial charge is 0.294 e. The Hall–Kier alpha value is -1.91. The predicted molar refractivity (Wildman–Crippen MR) is 54.1 cm³/mol. The van der Waals surface area contributed by atoms with Gasteiger partial charge in [-0.05, 0) is 0 Å². The number of halogens is 7. The number of nitrogens with one attached hydrogen (secondary N) is 1. The standard InChI is InChI=1S/C9HF7N2OS/c10-1-2(11)4(13)6-5(3(1)12)17-8(20-6)18-7(19)9(14,15)16/h(H,17,18,19). The number of amides is 1. The maximum atomic E-state index is 13.3. The minimum Gasteiger partial charge on any atom is -0.294 e. The SMILES string of the molecule is O=C(Nc1nc2c(F)c(F)c(F)c(F)c2s1)C(F)(F)F. The molecule has 0 atom stereocenters. The van der Waals surface area contributed by atoms with E-state index in [1.54, 1.807) is 0 Å². The van der Waals surface area contributed by atoms with Crippen molar-refractivity contribution in [3.05, 3.63) is 23.3 Å². The number of alkyl halides is 3. The van der Waals surface area contributed by atoms with Crippen LogP contribution in [0.4, 0.5) is 35.9 Å². The molecular weight excluding hydrogens is 317 g/mol. The van der Waals surface area contributed by atoms with Crippen LogP contribution < -0.4 is 5.32 Å². The molecule has 11 heteroatoms. The molecule has 0 aliphatic carbocycles. The van der Waals surface area contributed by atoms with Crippen LogP contribution in [-0.4, -0.2) is 17.1 Å². The van der Waals surface area contributed by atoms with Crippen molar-refractivity contribution in [3.8, 4) is 0 Å². The van der Waals surface area contributed by atoms with E-state index in [4.69, 9.17) is 0 Å². The molecule has 2 rings (SSSR count). The van der Waals surface area contributed by atoms with Gasteiger partial charge in [-0.1, -0.05) is 11.3 Å². The molecule has 0 saturated carbocycles. The van der Waals surface area contributed by atoms with E-state index in [2.05, 4.69) is 4.98 Å². The van der Waals surface area contributed by atoms with Crippen molar-refractivity contribution < 1.29 is 35.5 Å². The molecule has 0 unspecified atom stereocenters. The van der Waals surface area contributed by atoms with E-state index in [-0.39, 0.29) is 11.3 Å². The third-order valence-corrected chi connectivity index (χ3v) is 3.05. The fourth-order valence-corrected chi connectivity index (χ4v) is 2.12. The minimum absolute atomic E-state index is 0.0406. The Kier molecular flexibility index (Phi) is 3.32. The highest BCUT2D eigenvalue weighted by Crippen LogP contribution is 2.33. The van der Waals surface area contributed by atoms with Crippen LogP contribution in [0.1, 0.15) is 0 Å². The summed E-state index contributed by atoms with van der Waals surface area (Å²) in [5, 5.41) is 0.387. The summed E-state index contributed by atoms with van der Waals surface area (Å²) in [5.41, 5.74) is -1.01. The first-order valence-electron chi connectivity index (χ1n) is 4.63. The molecule has 0 spiro atoms. The fraction of sp³-hybridized carbons (Fsp3) is 0.111. The largest absolute Gasteiger partial charge is 0.471 e. The monoisotopic (exact) mass is 318 g/mol. The summed E-state index contributed by atoms with van der Waals surface area (Å²) in [6.07, 6.45) is -5.24. The molecule has 0 aliphatic rings. The van der Waals surface area contributed by atoms with E-state index in [1.807, 2.05) is 0 Å². The molecule has 1 aromatic heterocycles. The molecule has 0 radical (unpaired) electrons. The molecule has 0 aliphatic heterocycles. The van der Waals surface area contributed by atoms with E-state index in [0.29, 0.717) is 0 Å². The minimum atomic E-state index is -5.24. The van der Waals surface area contributed by atoms with Crippen LogP contribution in [0.5, 0.6) is 0 Å². The number of anilines is 1. The van der Waals surface area contributed by atoms with Crippen molar-refractivity contribution in [1.82, 2.24) is 4.98 Å².